The van der Waals surface area contributed by atoms with Crippen molar-refractivity contribution >= 4 is 17.5 Å². The van der Waals surface area contributed by atoms with Gasteiger partial charge in [-0.3, -0.25) is 4.79 Å². The normalized spacial score (nSPS) is 22.4. The molecule has 1 aliphatic carbocycles. The van der Waals surface area contributed by atoms with E-state index in [1.165, 1.54) is 11.1 Å². The first-order valence-corrected chi connectivity index (χ1v) is 6.88. The summed E-state index contributed by atoms with van der Waals surface area (Å²) in [4.78, 5) is 14.1. The van der Waals surface area contributed by atoms with Crippen molar-refractivity contribution in [3.8, 4) is 0 Å². The zero-order valence-electron chi connectivity index (χ0n) is 11.2. The molecule has 0 bridgehead atoms. The lowest BCUT2D eigenvalue weighted by Crippen LogP contribution is -2.37. The Kier molecular flexibility index (Phi) is 3.96. The van der Waals surface area contributed by atoms with Crippen molar-refractivity contribution in [1.29, 1.82) is 0 Å². The zero-order chi connectivity index (χ0) is 13.3. The summed E-state index contributed by atoms with van der Waals surface area (Å²) in [6.45, 7) is 4.91. The Labute approximate surface area is 114 Å². The molecule has 2 rings (SSSR count). The molecule has 1 saturated carbocycles. The number of halogens is 1. The molecule has 0 heterocycles. The number of rotatable bonds is 3. The number of amides is 1. The average molecular weight is 266 g/mol. The van der Waals surface area contributed by atoms with Gasteiger partial charge in [0.2, 0.25) is 0 Å². The highest BCUT2D eigenvalue weighted by Gasteiger charge is 2.29. The SMILES string of the molecule is Cc1ccc(C(=O)N(C)CC2CC(Cl)C2)cc1C. The van der Waals surface area contributed by atoms with E-state index in [9.17, 15) is 4.79 Å². The lowest BCUT2D eigenvalue weighted by molar-refractivity contribution is 0.0747. The smallest absolute Gasteiger partial charge is 0.253 e. The molecule has 2 nitrogen and oxygen atoms in total. The minimum Gasteiger partial charge on any atom is -0.341 e. The van der Waals surface area contributed by atoms with Gasteiger partial charge in [-0.2, -0.15) is 0 Å². The highest BCUT2D eigenvalue weighted by atomic mass is 35.5. The van der Waals surface area contributed by atoms with Gasteiger partial charge in [0.05, 0.1) is 0 Å². The van der Waals surface area contributed by atoms with Crippen LogP contribution in [0.2, 0.25) is 0 Å². The van der Waals surface area contributed by atoms with Crippen LogP contribution in [0.25, 0.3) is 0 Å². The molecule has 1 fully saturated rings. The largest absolute Gasteiger partial charge is 0.341 e. The number of nitrogens with zero attached hydrogens (tertiary/aromatic N) is 1. The Morgan fingerprint density at radius 2 is 2.00 bits per heavy atom. The Bertz CT molecular complexity index is 452. The van der Waals surface area contributed by atoms with Gasteiger partial charge in [0.25, 0.3) is 5.91 Å². The molecular formula is C15H20ClNO. The molecule has 0 aromatic heterocycles. The van der Waals surface area contributed by atoms with Crippen LogP contribution in [0.5, 0.6) is 0 Å². The maximum absolute atomic E-state index is 12.3. The van der Waals surface area contributed by atoms with Crippen LogP contribution in [0.15, 0.2) is 18.2 Å². The van der Waals surface area contributed by atoms with Gasteiger partial charge in [-0.15, -0.1) is 11.6 Å². The summed E-state index contributed by atoms with van der Waals surface area (Å²) in [5.41, 5.74) is 3.17. The second kappa shape index (κ2) is 5.31. The van der Waals surface area contributed by atoms with Crippen LogP contribution in [0, 0.1) is 19.8 Å². The number of benzene rings is 1. The van der Waals surface area contributed by atoms with Gasteiger partial charge >= 0.3 is 0 Å². The molecule has 0 N–H and O–H groups in total. The average Bonchev–Trinajstić information content (AvgIpc) is 2.29. The van der Waals surface area contributed by atoms with Crippen LogP contribution in [0.4, 0.5) is 0 Å². The van der Waals surface area contributed by atoms with Crippen LogP contribution in [-0.2, 0) is 0 Å². The topological polar surface area (TPSA) is 20.3 Å². The molecule has 0 saturated heterocycles. The quantitative estimate of drug-likeness (QED) is 0.767. The van der Waals surface area contributed by atoms with Crippen molar-refractivity contribution in [2.45, 2.75) is 32.1 Å². The van der Waals surface area contributed by atoms with Crippen LogP contribution in [-0.4, -0.2) is 29.8 Å². The van der Waals surface area contributed by atoms with Gasteiger partial charge in [0, 0.05) is 24.5 Å². The van der Waals surface area contributed by atoms with E-state index in [2.05, 4.69) is 6.92 Å². The minimum atomic E-state index is 0.108. The molecule has 1 amide bonds. The third-order valence-corrected chi connectivity index (χ3v) is 4.17. The Hall–Kier alpha value is -1.02. The van der Waals surface area contributed by atoms with E-state index in [0.717, 1.165) is 24.9 Å². The summed E-state index contributed by atoms with van der Waals surface area (Å²) >= 11 is 5.96. The first kappa shape index (κ1) is 13.4. The Morgan fingerprint density at radius 3 is 2.56 bits per heavy atom. The summed E-state index contributed by atoms with van der Waals surface area (Å²) in [5, 5.41) is 0.320. The number of hydrogen-bond donors (Lipinski definition) is 0. The fraction of sp³-hybridized carbons (Fsp3) is 0.533. The van der Waals surface area contributed by atoms with E-state index in [-0.39, 0.29) is 5.91 Å². The molecule has 18 heavy (non-hydrogen) atoms. The molecule has 0 spiro atoms. The number of carbonyl (C=O) groups is 1. The van der Waals surface area contributed by atoms with E-state index in [1.807, 2.05) is 37.1 Å². The van der Waals surface area contributed by atoms with Crippen molar-refractivity contribution in [3.05, 3.63) is 34.9 Å². The van der Waals surface area contributed by atoms with Crippen LogP contribution in [0.3, 0.4) is 0 Å². The molecule has 1 aliphatic rings. The summed E-state index contributed by atoms with van der Waals surface area (Å²) in [6.07, 6.45) is 2.07. The van der Waals surface area contributed by atoms with E-state index < -0.39 is 0 Å². The summed E-state index contributed by atoms with van der Waals surface area (Å²) in [6, 6.07) is 5.89. The third-order valence-electron chi connectivity index (χ3n) is 3.81. The third kappa shape index (κ3) is 2.86. The molecule has 0 aliphatic heterocycles. The second-order valence-corrected chi connectivity index (χ2v) is 6.04. The van der Waals surface area contributed by atoms with Gasteiger partial charge in [0.1, 0.15) is 0 Å². The first-order valence-electron chi connectivity index (χ1n) is 6.44. The Morgan fingerprint density at radius 1 is 1.33 bits per heavy atom. The summed E-state index contributed by atoms with van der Waals surface area (Å²) in [5.74, 6) is 0.684. The van der Waals surface area contributed by atoms with Gasteiger partial charge in [0.15, 0.2) is 0 Å². The zero-order valence-corrected chi connectivity index (χ0v) is 12.0. The highest BCUT2D eigenvalue weighted by molar-refractivity contribution is 6.21. The lowest BCUT2D eigenvalue weighted by atomic mass is 9.84. The van der Waals surface area contributed by atoms with Gasteiger partial charge in [-0.1, -0.05) is 6.07 Å². The fourth-order valence-electron chi connectivity index (χ4n) is 2.37. The predicted octanol–water partition coefficient (Wildman–Crippen LogP) is 3.39. The number of hydrogen-bond acceptors (Lipinski definition) is 1. The molecule has 1 aromatic carbocycles. The van der Waals surface area contributed by atoms with Crippen molar-refractivity contribution in [1.82, 2.24) is 4.90 Å². The van der Waals surface area contributed by atoms with E-state index in [0.29, 0.717) is 11.3 Å². The lowest BCUT2D eigenvalue weighted by Gasteiger charge is -2.34. The Balaban J connectivity index is 1.99. The van der Waals surface area contributed by atoms with Gasteiger partial charge in [-0.05, 0) is 55.9 Å². The predicted molar refractivity (Wildman–Crippen MR) is 75.2 cm³/mol. The molecule has 1 aromatic rings. The fourth-order valence-corrected chi connectivity index (χ4v) is 2.87. The maximum atomic E-state index is 12.3. The highest BCUT2D eigenvalue weighted by Crippen LogP contribution is 2.32. The molecule has 0 atom stereocenters. The van der Waals surface area contributed by atoms with Crippen LogP contribution >= 0.6 is 11.6 Å². The maximum Gasteiger partial charge on any atom is 0.253 e. The van der Waals surface area contributed by atoms with E-state index in [4.69, 9.17) is 11.6 Å². The second-order valence-electron chi connectivity index (χ2n) is 5.42. The molecule has 0 unspecified atom stereocenters. The number of alkyl halides is 1. The molecular weight excluding hydrogens is 246 g/mol. The van der Waals surface area contributed by atoms with E-state index >= 15 is 0 Å². The number of carbonyl (C=O) groups excluding carboxylic acids is 1. The van der Waals surface area contributed by atoms with E-state index in [1.54, 1.807) is 0 Å². The molecule has 98 valence electrons. The van der Waals surface area contributed by atoms with Crippen molar-refractivity contribution in [2.24, 2.45) is 5.92 Å². The molecule has 3 heteroatoms. The van der Waals surface area contributed by atoms with Gasteiger partial charge in [-0.25, -0.2) is 0 Å². The molecule has 0 radical (unpaired) electrons. The van der Waals surface area contributed by atoms with Crippen molar-refractivity contribution in [2.75, 3.05) is 13.6 Å². The summed E-state index contributed by atoms with van der Waals surface area (Å²) < 4.78 is 0. The minimum absolute atomic E-state index is 0.108. The van der Waals surface area contributed by atoms with Crippen molar-refractivity contribution in [3.63, 3.8) is 0 Å². The van der Waals surface area contributed by atoms with Crippen LogP contribution in [0.1, 0.15) is 34.3 Å². The standard InChI is InChI=1S/C15H20ClNO/c1-10-4-5-13(6-11(10)2)15(18)17(3)9-12-7-14(16)8-12/h4-6,12,14H,7-9H2,1-3H3. The van der Waals surface area contributed by atoms with Gasteiger partial charge < -0.3 is 4.90 Å². The van der Waals surface area contributed by atoms with Crippen LogP contribution < -0.4 is 0 Å². The van der Waals surface area contributed by atoms with Crippen molar-refractivity contribution < 1.29 is 4.79 Å². The summed E-state index contributed by atoms with van der Waals surface area (Å²) in [7, 11) is 1.87. The monoisotopic (exact) mass is 265 g/mol. The first-order chi connectivity index (χ1) is 8.47. The number of aryl methyl sites for hydroxylation is 2.